The molecular formula is C27H19F2N7O3. The van der Waals surface area contributed by atoms with Crippen molar-refractivity contribution < 1.29 is 23.0 Å². The van der Waals surface area contributed by atoms with Gasteiger partial charge in [0.1, 0.15) is 41.6 Å². The molecular weight excluding hydrogens is 508 g/mol. The molecule has 2 amide bonds. The minimum atomic E-state index is -0.886. The number of hydrogen-bond acceptors (Lipinski definition) is 7. The van der Waals surface area contributed by atoms with E-state index in [9.17, 15) is 18.8 Å². The Kier molecular flexibility index (Phi) is 7.22. The molecule has 2 N–H and O–H groups in total. The number of rotatable bonds is 8. The quantitative estimate of drug-likeness (QED) is 0.273. The molecule has 10 nitrogen and oxygen atoms in total. The van der Waals surface area contributed by atoms with Gasteiger partial charge in [0.2, 0.25) is 0 Å². The number of anilines is 2. The van der Waals surface area contributed by atoms with Crippen molar-refractivity contribution in [3.8, 4) is 23.3 Å². The lowest BCUT2D eigenvalue weighted by Crippen LogP contribution is -2.20. The summed E-state index contributed by atoms with van der Waals surface area (Å²) in [6.45, 7) is 0.685. The normalized spacial score (nSPS) is 10.6. The standard InChI is InChI=1S/C27H19F2N7O3/c28-18-1-6-23(22(29)14-18)35-27(37)34-19-2-4-20(5-3-19)39-25-7-8-31-24-15-26(17(16-30)13-21(24)25)38-12-11-36-32-9-10-33-36/h1-10,13-15H,11-12H2,(H2,34,35,37). The number of ether oxygens (including phenoxy) is 2. The highest BCUT2D eigenvalue weighted by Crippen LogP contribution is 2.33. The fraction of sp³-hybridized carbons (Fsp3) is 0.0741. The summed E-state index contributed by atoms with van der Waals surface area (Å²) in [7, 11) is 0. The molecule has 0 unspecified atom stereocenters. The summed E-state index contributed by atoms with van der Waals surface area (Å²) < 4.78 is 38.6. The fourth-order valence-corrected chi connectivity index (χ4v) is 3.65. The Morgan fingerprint density at radius 1 is 0.949 bits per heavy atom. The van der Waals surface area contributed by atoms with E-state index in [1.807, 2.05) is 0 Å². The molecule has 3 aromatic carbocycles. The molecule has 0 aliphatic heterocycles. The van der Waals surface area contributed by atoms with Crippen LogP contribution in [0.5, 0.6) is 17.2 Å². The Hall–Kier alpha value is -5.57. The maximum absolute atomic E-state index is 13.8. The van der Waals surface area contributed by atoms with Crippen molar-refractivity contribution in [3.05, 3.63) is 96.5 Å². The lowest BCUT2D eigenvalue weighted by atomic mass is 10.1. The van der Waals surface area contributed by atoms with Crippen molar-refractivity contribution >= 4 is 28.3 Å². The molecule has 12 heteroatoms. The van der Waals surface area contributed by atoms with Gasteiger partial charge in [-0.05, 0) is 48.5 Å². The van der Waals surface area contributed by atoms with E-state index in [1.165, 1.54) is 4.80 Å². The van der Waals surface area contributed by atoms with Gasteiger partial charge in [-0.2, -0.15) is 20.3 Å². The molecule has 5 aromatic rings. The number of carbonyl (C=O) groups is 1. The Morgan fingerprint density at radius 2 is 1.74 bits per heavy atom. The number of nitrogens with zero attached hydrogens (tertiary/aromatic N) is 5. The molecule has 39 heavy (non-hydrogen) atoms. The van der Waals surface area contributed by atoms with Gasteiger partial charge in [0.15, 0.2) is 0 Å². The summed E-state index contributed by atoms with van der Waals surface area (Å²) in [6.07, 6.45) is 4.72. The van der Waals surface area contributed by atoms with Gasteiger partial charge in [0, 0.05) is 29.4 Å². The first kappa shape index (κ1) is 25.1. The summed E-state index contributed by atoms with van der Waals surface area (Å²) in [4.78, 5) is 18.0. The van der Waals surface area contributed by atoms with E-state index in [-0.39, 0.29) is 12.3 Å². The number of nitriles is 1. The number of amides is 2. The third kappa shape index (κ3) is 6.05. The number of nitrogens with one attached hydrogen (secondary N) is 2. The molecule has 2 heterocycles. The number of benzene rings is 3. The van der Waals surface area contributed by atoms with Gasteiger partial charge in [-0.3, -0.25) is 4.98 Å². The van der Waals surface area contributed by atoms with Gasteiger partial charge in [-0.25, -0.2) is 13.6 Å². The van der Waals surface area contributed by atoms with Crippen LogP contribution in [0.4, 0.5) is 25.0 Å². The number of urea groups is 1. The number of pyridine rings is 1. The number of aromatic nitrogens is 4. The van der Waals surface area contributed by atoms with E-state index >= 15 is 0 Å². The van der Waals surface area contributed by atoms with Crippen molar-refractivity contribution in [1.29, 1.82) is 5.26 Å². The highest BCUT2D eigenvalue weighted by molar-refractivity contribution is 5.99. The zero-order valence-corrected chi connectivity index (χ0v) is 20.1. The molecule has 0 saturated heterocycles. The van der Waals surface area contributed by atoms with Crippen LogP contribution in [0.1, 0.15) is 5.56 Å². The van der Waals surface area contributed by atoms with Crippen LogP contribution >= 0.6 is 0 Å². The van der Waals surface area contributed by atoms with Crippen LogP contribution in [-0.2, 0) is 6.54 Å². The van der Waals surface area contributed by atoms with Crippen LogP contribution < -0.4 is 20.1 Å². The number of halogens is 2. The van der Waals surface area contributed by atoms with Crippen LogP contribution in [0.3, 0.4) is 0 Å². The zero-order chi connectivity index (χ0) is 27.2. The molecule has 0 aliphatic carbocycles. The van der Waals surface area contributed by atoms with E-state index in [4.69, 9.17) is 9.47 Å². The fourth-order valence-electron chi connectivity index (χ4n) is 3.65. The van der Waals surface area contributed by atoms with Crippen molar-refractivity contribution in [2.24, 2.45) is 0 Å². The second-order valence-corrected chi connectivity index (χ2v) is 8.09. The minimum Gasteiger partial charge on any atom is -0.490 e. The van der Waals surface area contributed by atoms with Crippen molar-refractivity contribution in [1.82, 2.24) is 20.0 Å². The average molecular weight is 527 g/mol. The third-order valence-electron chi connectivity index (χ3n) is 5.46. The van der Waals surface area contributed by atoms with Gasteiger partial charge >= 0.3 is 6.03 Å². The Morgan fingerprint density at radius 3 is 2.49 bits per heavy atom. The van der Waals surface area contributed by atoms with Gasteiger partial charge in [-0.15, -0.1) is 0 Å². The monoisotopic (exact) mass is 527 g/mol. The summed E-state index contributed by atoms with van der Waals surface area (Å²) in [6, 6.07) is 15.7. The van der Waals surface area contributed by atoms with E-state index in [0.29, 0.717) is 52.0 Å². The lowest BCUT2D eigenvalue weighted by Gasteiger charge is -2.12. The molecule has 0 fully saturated rings. The molecule has 0 radical (unpaired) electrons. The zero-order valence-electron chi connectivity index (χ0n) is 20.1. The van der Waals surface area contributed by atoms with Gasteiger partial charge < -0.3 is 20.1 Å². The number of fused-ring (bicyclic) bond motifs is 1. The Labute approximate surface area is 220 Å². The molecule has 2 aromatic heterocycles. The second kappa shape index (κ2) is 11.2. The molecule has 0 saturated carbocycles. The van der Waals surface area contributed by atoms with Crippen molar-refractivity contribution in [2.75, 3.05) is 17.2 Å². The first-order valence-corrected chi connectivity index (χ1v) is 11.6. The Balaban J connectivity index is 1.26. The highest BCUT2D eigenvalue weighted by atomic mass is 19.1. The van der Waals surface area contributed by atoms with Crippen LogP contribution in [-0.4, -0.2) is 32.6 Å². The second-order valence-electron chi connectivity index (χ2n) is 8.09. The van der Waals surface area contributed by atoms with E-state index < -0.39 is 17.7 Å². The van der Waals surface area contributed by atoms with Crippen molar-refractivity contribution in [3.63, 3.8) is 0 Å². The van der Waals surface area contributed by atoms with Gasteiger partial charge in [0.05, 0.1) is 35.7 Å². The summed E-state index contributed by atoms with van der Waals surface area (Å²) in [5, 5.41) is 23.2. The molecule has 5 rings (SSSR count). The van der Waals surface area contributed by atoms with Gasteiger partial charge in [0.25, 0.3) is 0 Å². The SMILES string of the molecule is N#Cc1cc2c(Oc3ccc(NC(=O)Nc4ccc(F)cc4F)cc3)ccnc2cc1OCCn1nccn1. The number of carbonyl (C=O) groups excluding carboxylic acids is 1. The molecule has 0 bridgehead atoms. The third-order valence-corrected chi connectivity index (χ3v) is 5.46. The summed E-state index contributed by atoms with van der Waals surface area (Å²) >= 11 is 0. The topological polar surface area (TPSA) is 127 Å². The Bertz CT molecular complexity index is 1670. The van der Waals surface area contributed by atoms with Crippen LogP contribution in [0.2, 0.25) is 0 Å². The molecule has 194 valence electrons. The number of hydrogen-bond donors (Lipinski definition) is 2. The van der Waals surface area contributed by atoms with Gasteiger partial charge in [-0.1, -0.05) is 0 Å². The van der Waals surface area contributed by atoms with Crippen LogP contribution in [0, 0.1) is 23.0 Å². The van der Waals surface area contributed by atoms with Crippen LogP contribution in [0.15, 0.2) is 79.3 Å². The summed E-state index contributed by atoms with van der Waals surface area (Å²) in [5.74, 6) is -0.315. The minimum absolute atomic E-state index is 0.154. The average Bonchev–Trinajstić information content (AvgIpc) is 3.45. The van der Waals surface area contributed by atoms with Crippen LogP contribution in [0.25, 0.3) is 10.9 Å². The maximum atomic E-state index is 13.8. The first-order chi connectivity index (χ1) is 19.0. The first-order valence-electron chi connectivity index (χ1n) is 11.6. The summed E-state index contributed by atoms with van der Waals surface area (Å²) in [5.41, 5.74) is 1.15. The predicted octanol–water partition coefficient (Wildman–Crippen LogP) is 5.49. The maximum Gasteiger partial charge on any atom is 0.323 e. The molecule has 0 atom stereocenters. The van der Waals surface area contributed by atoms with E-state index in [0.717, 1.165) is 12.1 Å². The molecule has 0 spiro atoms. The highest BCUT2D eigenvalue weighted by Gasteiger charge is 2.13. The molecule has 0 aliphatic rings. The van der Waals surface area contributed by atoms with Crippen molar-refractivity contribution in [2.45, 2.75) is 6.54 Å². The predicted molar refractivity (Wildman–Crippen MR) is 137 cm³/mol. The lowest BCUT2D eigenvalue weighted by molar-refractivity contribution is 0.262. The van der Waals surface area contributed by atoms with E-state index in [1.54, 1.807) is 61.1 Å². The largest absolute Gasteiger partial charge is 0.490 e. The smallest absolute Gasteiger partial charge is 0.323 e. The van der Waals surface area contributed by atoms with E-state index in [2.05, 4.69) is 31.9 Å².